The van der Waals surface area contributed by atoms with E-state index < -0.39 is 17.8 Å². The molecule has 8 heteroatoms. The second kappa shape index (κ2) is 9.84. The van der Waals surface area contributed by atoms with Gasteiger partial charge >= 0.3 is 0 Å². The van der Waals surface area contributed by atoms with Crippen molar-refractivity contribution >= 4 is 17.5 Å². The number of anilines is 2. The Balaban J connectivity index is 1.54. The molecule has 0 radical (unpaired) electrons. The molecule has 4 N–H and O–H groups in total. The summed E-state index contributed by atoms with van der Waals surface area (Å²) in [6, 6.07) is 12.7. The number of hydrogen-bond donors (Lipinski definition) is 4. The zero-order valence-electron chi connectivity index (χ0n) is 19.2. The largest absolute Gasteiger partial charge is 0.394 e. The van der Waals surface area contributed by atoms with E-state index in [-0.39, 0.29) is 6.61 Å². The van der Waals surface area contributed by atoms with Crippen LogP contribution in [0.5, 0.6) is 0 Å². The number of aryl methyl sites for hydroxylation is 2. The molecular formula is C26H26FN5O2. The van der Waals surface area contributed by atoms with Gasteiger partial charge in [-0.1, -0.05) is 24.3 Å². The number of carbonyl (C=O) groups excluding carboxylic acids is 1. The molecule has 0 saturated carbocycles. The second-order valence-corrected chi connectivity index (χ2v) is 8.16. The lowest BCUT2D eigenvalue weighted by Gasteiger charge is -2.16. The van der Waals surface area contributed by atoms with E-state index in [1.807, 2.05) is 39.0 Å². The molecule has 7 nitrogen and oxygen atoms in total. The Hall–Kier alpha value is -4.04. The van der Waals surface area contributed by atoms with Crippen LogP contribution in [0.2, 0.25) is 0 Å². The Morgan fingerprint density at radius 1 is 1.12 bits per heavy atom. The number of aliphatic hydroxyl groups excluding tert-OH is 1. The molecule has 0 aliphatic rings. The molecule has 4 aromatic rings. The Morgan fingerprint density at radius 2 is 1.91 bits per heavy atom. The first-order valence-electron chi connectivity index (χ1n) is 10.9. The normalized spacial score (nSPS) is 11.8. The molecule has 4 rings (SSSR count). The third-order valence-electron chi connectivity index (χ3n) is 5.76. The van der Waals surface area contributed by atoms with Gasteiger partial charge in [0, 0.05) is 23.6 Å². The van der Waals surface area contributed by atoms with E-state index >= 15 is 0 Å². The average Bonchev–Trinajstić information content (AvgIpc) is 3.32. The molecule has 0 saturated heterocycles. The molecule has 0 unspecified atom stereocenters. The summed E-state index contributed by atoms with van der Waals surface area (Å²) in [6.45, 7) is 5.62. The second-order valence-electron chi connectivity index (χ2n) is 8.16. The number of carbonyl (C=O) groups is 1. The van der Waals surface area contributed by atoms with Crippen LogP contribution in [0.3, 0.4) is 0 Å². The van der Waals surface area contributed by atoms with E-state index in [9.17, 15) is 14.3 Å². The van der Waals surface area contributed by atoms with Crippen LogP contribution in [-0.2, 0) is 0 Å². The Bertz CT molecular complexity index is 1330. The smallest absolute Gasteiger partial charge is 0.268 e. The molecule has 0 aliphatic heterocycles. The monoisotopic (exact) mass is 459 g/mol. The van der Waals surface area contributed by atoms with Crippen molar-refractivity contribution in [3.8, 4) is 11.3 Å². The summed E-state index contributed by atoms with van der Waals surface area (Å²) in [5, 5.41) is 15.7. The van der Waals surface area contributed by atoms with Crippen LogP contribution in [0.15, 0.2) is 60.9 Å². The van der Waals surface area contributed by atoms with Crippen LogP contribution in [0.1, 0.15) is 38.8 Å². The maximum atomic E-state index is 13.5. The summed E-state index contributed by atoms with van der Waals surface area (Å²) in [7, 11) is 0. The molecule has 1 atom stereocenters. The molecule has 0 spiro atoms. The van der Waals surface area contributed by atoms with Crippen molar-refractivity contribution in [1.82, 2.24) is 20.3 Å². The number of aromatic nitrogens is 3. The molecule has 2 aromatic carbocycles. The number of nitrogens with zero attached hydrogens (tertiary/aromatic N) is 2. The van der Waals surface area contributed by atoms with E-state index in [2.05, 4.69) is 25.6 Å². The minimum atomic E-state index is -0.732. The van der Waals surface area contributed by atoms with Gasteiger partial charge in [0.05, 0.1) is 18.3 Å². The van der Waals surface area contributed by atoms with Crippen molar-refractivity contribution in [3.05, 3.63) is 94.7 Å². The Morgan fingerprint density at radius 3 is 2.68 bits per heavy atom. The van der Waals surface area contributed by atoms with Crippen LogP contribution in [0.4, 0.5) is 16.0 Å². The van der Waals surface area contributed by atoms with Gasteiger partial charge in [-0.25, -0.2) is 14.4 Å². The standard InChI is InChI=1S/C26H26FN5O2/c1-15-6-4-9-21(17(15)3)31-26-29-12-16(2)24(32-26)19-11-22(28-13-19)25(34)30-23(14-33)18-7-5-8-20(27)10-18/h4-13,23,28,33H,14H2,1-3H3,(H,30,34)(H,29,31,32)/t23-/m1/s1. The Kier molecular flexibility index (Phi) is 6.70. The minimum absolute atomic E-state index is 0.298. The van der Waals surface area contributed by atoms with Gasteiger partial charge in [-0.15, -0.1) is 0 Å². The third-order valence-corrected chi connectivity index (χ3v) is 5.76. The summed E-state index contributed by atoms with van der Waals surface area (Å²) in [5.74, 6) is -0.403. The quantitative estimate of drug-likeness (QED) is 0.320. The summed E-state index contributed by atoms with van der Waals surface area (Å²) in [5.41, 5.74) is 6.25. The zero-order valence-corrected chi connectivity index (χ0v) is 19.2. The van der Waals surface area contributed by atoms with Crippen molar-refractivity contribution in [2.45, 2.75) is 26.8 Å². The summed E-state index contributed by atoms with van der Waals surface area (Å²) >= 11 is 0. The van der Waals surface area contributed by atoms with Crippen molar-refractivity contribution < 1.29 is 14.3 Å². The molecule has 1 amide bonds. The van der Waals surface area contributed by atoms with Crippen molar-refractivity contribution in [3.63, 3.8) is 0 Å². The number of rotatable bonds is 7. The van der Waals surface area contributed by atoms with Gasteiger partial charge in [-0.05, 0) is 67.3 Å². The van der Waals surface area contributed by atoms with Crippen LogP contribution in [-0.4, -0.2) is 32.6 Å². The first-order valence-corrected chi connectivity index (χ1v) is 10.9. The molecule has 174 valence electrons. The number of H-pyrrole nitrogens is 1. The highest BCUT2D eigenvalue weighted by Gasteiger charge is 2.18. The predicted octanol–water partition coefficient (Wildman–Crippen LogP) is 4.74. The van der Waals surface area contributed by atoms with E-state index in [4.69, 9.17) is 0 Å². The van der Waals surface area contributed by atoms with E-state index in [1.165, 1.54) is 18.2 Å². The molecule has 0 bridgehead atoms. The number of halogens is 1. The van der Waals surface area contributed by atoms with Gasteiger partial charge in [-0.2, -0.15) is 0 Å². The highest BCUT2D eigenvalue weighted by molar-refractivity contribution is 5.94. The number of benzene rings is 2. The lowest BCUT2D eigenvalue weighted by molar-refractivity contribution is 0.0911. The maximum absolute atomic E-state index is 13.5. The Labute approximate surface area is 197 Å². The third kappa shape index (κ3) is 4.97. The van der Waals surface area contributed by atoms with Gasteiger partial charge in [0.1, 0.15) is 11.5 Å². The molecular weight excluding hydrogens is 433 g/mol. The fraction of sp³-hybridized carbons (Fsp3) is 0.192. The van der Waals surface area contributed by atoms with Gasteiger partial charge in [0.15, 0.2) is 0 Å². The minimum Gasteiger partial charge on any atom is -0.394 e. The predicted molar refractivity (Wildman–Crippen MR) is 129 cm³/mol. The number of aliphatic hydroxyl groups is 1. The molecule has 2 aromatic heterocycles. The summed E-state index contributed by atoms with van der Waals surface area (Å²) in [4.78, 5) is 24.8. The van der Waals surface area contributed by atoms with Gasteiger partial charge in [0.25, 0.3) is 5.91 Å². The molecule has 0 fully saturated rings. The highest BCUT2D eigenvalue weighted by atomic mass is 19.1. The maximum Gasteiger partial charge on any atom is 0.268 e. The van der Waals surface area contributed by atoms with Gasteiger partial charge < -0.3 is 20.7 Å². The first kappa shape index (κ1) is 23.1. The fourth-order valence-corrected chi connectivity index (χ4v) is 3.66. The molecule has 2 heterocycles. The van der Waals surface area contributed by atoms with E-state index in [0.717, 1.165) is 27.9 Å². The number of hydrogen-bond acceptors (Lipinski definition) is 5. The van der Waals surface area contributed by atoms with Crippen molar-refractivity contribution in [2.75, 3.05) is 11.9 Å². The fourth-order valence-electron chi connectivity index (χ4n) is 3.66. The van der Waals surface area contributed by atoms with Gasteiger partial charge in [0.2, 0.25) is 5.95 Å². The van der Waals surface area contributed by atoms with Crippen LogP contribution in [0, 0.1) is 26.6 Å². The average molecular weight is 460 g/mol. The van der Waals surface area contributed by atoms with Crippen molar-refractivity contribution in [1.29, 1.82) is 0 Å². The lowest BCUT2D eigenvalue weighted by atomic mass is 10.1. The number of aromatic amines is 1. The van der Waals surface area contributed by atoms with E-state index in [1.54, 1.807) is 24.5 Å². The van der Waals surface area contributed by atoms with Crippen LogP contribution < -0.4 is 10.6 Å². The zero-order chi connectivity index (χ0) is 24.2. The number of nitrogens with one attached hydrogen (secondary N) is 3. The summed E-state index contributed by atoms with van der Waals surface area (Å²) < 4.78 is 13.5. The van der Waals surface area contributed by atoms with E-state index in [0.29, 0.717) is 22.9 Å². The highest BCUT2D eigenvalue weighted by Crippen LogP contribution is 2.26. The lowest BCUT2D eigenvalue weighted by Crippen LogP contribution is -2.31. The van der Waals surface area contributed by atoms with Crippen LogP contribution in [0.25, 0.3) is 11.3 Å². The number of amides is 1. The van der Waals surface area contributed by atoms with Crippen molar-refractivity contribution in [2.24, 2.45) is 0 Å². The SMILES string of the molecule is Cc1cnc(Nc2cccc(C)c2C)nc1-c1c[nH]c(C(=O)N[C@H](CO)c2cccc(F)c2)c1. The molecule has 34 heavy (non-hydrogen) atoms. The summed E-state index contributed by atoms with van der Waals surface area (Å²) in [6.07, 6.45) is 3.43. The van der Waals surface area contributed by atoms with Crippen LogP contribution >= 0.6 is 0 Å². The molecule has 0 aliphatic carbocycles. The first-order chi connectivity index (χ1) is 16.4. The van der Waals surface area contributed by atoms with Gasteiger partial charge in [-0.3, -0.25) is 4.79 Å². The topological polar surface area (TPSA) is 103 Å².